The molecule has 4 heteroatoms. The topological polar surface area (TPSA) is 54.4 Å². The van der Waals surface area contributed by atoms with Crippen LogP contribution in [-0.4, -0.2) is 36.9 Å². The number of ether oxygens (including phenoxy) is 1. The highest BCUT2D eigenvalue weighted by Crippen LogP contribution is 2.23. The standard InChI is InChI=1S/C13H22N2O2/c1-11-4-5-12(10-15-11)13(2,16)6-7-14-8-9-17-3/h4-5,10,14,16H,6-9H2,1-3H3. The van der Waals surface area contributed by atoms with Gasteiger partial charge < -0.3 is 15.2 Å². The summed E-state index contributed by atoms with van der Waals surface area (Å²) in [4.78, 5) is 4.20. The van der Waals surface area contributed by atoms with Gasteiger partial charge in [0, 0.05) is 31.1 Å². The predicted molar refractivity (Wildman–Crippen MR) is 67.9 cm³/mol. The quantitative estimate of drug-likeness (QED) is 0.701. The second-order valence-electron chi connectivity index (χ2n) is 4.45. The number of pyridine rings is 1. The molecule has 0 aliphatic carbocycles. The molecular weight excluding hydrogens is 216 g/mol. The number of nitrogens with one attached hydrogen (secondary N) is 1. The van der Waals surface area contributed by atoms with Crippen molar-refractivity contribution in [3.05, 3.63) is 29.6 Å². The van der Waals surface area contributed by atoms with Crippen molar-refractivity contribution >= 4 is 0 Å². The van der Waals surface area contributed by atoms with Crippen LogP contribution in [0.15, 0.2) is 18.3 Å². The summed E-state index contributed by atoms with van der Waals surface area (Å²) >= 11 is 0. The van der Waals surface area contributed by atoms with E-state index in [9.17, 15) is 5.11 Å². The van der Waals surface area contributed by atoms with Gasteiger partial charge in [0.2, 0.25) is 0 Å². The van der Waals surface area contributed by atoms with E-state index in [-0.39, 0.29) is 0 Å². The number of nitrogens with zero attached hydrogens (tertiary/aromatic N) is 1. The van der Waals surface area contributed by atoms with Gasteiger partial charge in [-0.2, -0.15) is 0 Å². The molecule has 0 radical (unpaired) electrons. The minimum atomic E-state index is -0.833. The van der Waals surface area contributed by atoms with Crippen LogP contribution in [0.5, 0.6) is 0 Å². The average molecular weight is 238 g/mol. The summed E-state index contributed by atoms with van der Waals surface area (Å²) in [6.45, 7) is 6.00. The molecule has 1 aromatic heterocycles. The van der Waals surface area contributed by atoms with E-state index in [0.29, 0.717) is 13.0 Å². The summed E-state index contributed by atoms with van der Waals surface area (Å²) in [5, 5.41) is 13.5. The molecule has 0 fully saturated rings. The van der Waals surface area contributed by atoms with Crippen molar-refractivity contribution in [2.45, 2.75) is 25.9 Å². The zero-order chi connectivity index (χ0) is 12.7. The van der Waals surface area contributed by atoms with Crippen LogP contribution in [0, 0.1) is 6.92 Å². The van der Waals surface area contributed by atoms with E-state index in [1.165, 1.54) is 0 Å². The number of aromatic nitrogens is 1. The molecule has 0 aromatic carbocycles. The Bertz CT molecular complexity index is 323. The van der Waals surface area contributed by atoms with Crippen LogP contribution < -0.4 is 5.32 Å². The Morgan fingerprint density at radius 3 is 2.76 bits per heavy atom. The molecule has 2 N–H and O–H groups in total. The van der Waals surface area contributed by atoms with E-state index in [4.69, 9.17) is 4.74 Å². The van der Waals surface area contributed by atoms with Gasteiger partial charge in [-0.1, -0.05) is 6.07 Å². The van der Waals surface area contributed by atoms with E-state index in [1.54, 1.807) is 13.3 Å². The maximum Gasteiger partial charge on any atom is 0.0895 e. The van der Waals surface area contributed by atoms with Gasteiger partial charge in [0.1, 0.15) is 0 Å². The van der Waals surface area contributed by atoms with Gasteiger partial charge in [0.05, 0.1) is 12.2 Å². The molecule has 0 aliphatic rings. The fourth-order valence-electron chi connectivity index (χ4n) is 1.56. The Hall–Kier alpha value is -0.970. The summed E-state index contributed by atoms with van der Waals surface area (Å²) in [5.41, 5.74) is 0.986. The summed E-state index contributed by atoms with van der Waals surface area (Å²) in [7, 11) is 1.68. The highest BCUT2D eigenvalue weighted by Gasteiger charge is 2.22. The van der Waals surface area contributed by atoms with E-state index >= 15 is 0 Å². The molecular formula is C13H22N2O2. The third kappa shape index (κ3) is 4.81. The van der Waals surface area contributed by atoms with Crippen molar-refractivity contribution in [1.29, 1.82) is 0 Å². The third-order valence-electron chi connectivity index (χ3n) is 2.80. The van der Waals surface area contributed by atoms with Crippen molar-refractivity contribution in [2.75, 3.05) is 26.8 Å². The van der Waals surface area contributed by atoms with Gasteiger partial charge >= 0.3 is 0 Å². The molecule has 1 atom stereocenters. The number of hydrogen-bond donors (Lipinski definition) is 2. The maximum atomic E-state index is 10.3. The molecule has 17 heavy (non-hydrogen) atoms. The van der Waals surface area contributed by atoms with Gasteiger partial charge in [0.25, 0.3) is 0 Å². The Labute approximate surface area is 103 Å². The van der Waals surface area contributed by atoms with Gasteiger partial charge in [-0.15, -0.1) is 0 Å². The molecule has 1 heterocycles. The molecule has 0 amide bonds. The van der Waals surface area contributed by atoms with Gasteiger partial charge in [0.15, 0.2) is 0 Å². The first-order valence-electron chi connectivity index (χ1n) is 5.91. The minimum absolute atomic E-state index is 0.654. The Kier molecular flexibility index (Phi) is 5.55. The lowest BCUT2D eigenvalue weighted by Crippen LogP contribution is -2.29. The molecule has 96 valence electrons. The van der Waals surface area contributed by atoms with Gasteiger partial charge in [-0.05, 0) is 32.9 Å². The third-order valence-corrected chi connectivity index (χ3v) is 2.80. The number of aliphatic hydroxyl groups is 1. The average Bonchev–Trinajstić information content (AvgIpc) is 2.29. The molecule has 0 spiro atoms. The lowest BCUT2D eigenvalue weighted by atomic mass is 9.94. The second-order valence-corrected chi connectivity index (χ2v) is 4.45. The lowest BCUT2D eigenvalue weighted by molar-refractivity contribution is 0.0471. The Balaban J connectivity index is 2.42. The van der Waals surface area contributed by atoms with Crippen molar-refractivity contribution < 1.29 is 9.84 Å². The first-order valence-corrected chi connectivity index (χ1v) is 5.91. The smallest absolute Gasteiger partial charge is 0.0895 e. The van der Waals surface area contributed by atoms with E-state index < -0.39 is 5.60 Å². The summed E-state index contributed by atoms with van der Waals surface area (Å²) in [5.74, 6) is 0. The highest BCUT2D eigenvalue weighted by atomic mass is 16.5. The Morgan fingerprint density at radius 2 is 2.18 bits per heavy atom. The van der Waals surface area contributed by atoms with Crippen LogP contribution in [0.2, 0.25) is 0 Å². The highest BCUT2D eigenvalue weighted by molar-refractivity contribution is 5.19. The zero-order valence-corrected chi connectivity index (χ0v) is 10.9. The molecule has 0 saturated heterocycles. The monoisotopic (exact) mass is 238 g/mol. The van der Waals surface area contributed by atoms with Crippen LogP contribution in [-0.2, 0) is 10.3 Å². The number of rotatable bonds is 7. The summed E-state index contributed by atoms with van der Waals surface area (Å²) < 4.78 is 4.94. The fourth-order valence-corrected chi connectivity index (χ4v) is 1.56. The number of aryl methyl sites for hydroxylation is 1. The van der Waals surface area contributed by atoms with E-state index in [1.807, 2.05) is 26.0 Å². The van der Waals surface area contributed by atoms with Crippen LogP contribution in [0.4, 0.5) is 0 Å². The number of methoxy groups -OCH3 is 1. The zero-order valence-electron chi connectivity index (χ0n) is 10.9. The summed E-state index contributed by atoms with van der Waals surface area (Å²) in [6.07, 6.45) is 2.39. The molecule has 4 nitrogen and oxygen atoms in total. The van der Waals surface area contributed by atoms with Crippen molar-refractivity contribution in [3.8, 4) is 0 Å². The molecule has 1 aromatic rings. The minimum Gasteiger partial charge on any atom is -0.385 e. The van der Waals surface area contributed by atoms with E-state index in [0.717, 1.165) is 24.3 Å². The molecule has 0 saturated carbocycles. The van der Waals surface area contributed by atoms with Crippen LogP contribution in [0.25, 0.3) is 0 Å². The van der Waals surface area contributed by atoms with Crippen molar-refractivity contribution in [1.82, 2.24) is 10.3 Å². The van der Waals surface area contributed by atoms with Crippen LogP contribution >= 0.6 is 0 Å². The SMILES string of the molecule is COCCNCCC(C)(O)c1ccc(C)nc1. The summed E-state index contributed by atoms with van der Waals surface area (Å²) in [6, 6.07) is 3.85. The van der Waals surface area contributed by atoms with Crippen molar-refractivity contribution in [2.24, 2.45) is 0 Å². The van der Waals surface area contributed by atoms with Gasteiger partial charge in [-0.3, -0.25) is 4.98 Å². The molecule has 0 aliphatic heterocycles. The maximum absolute atomic E-state index is 10.3. The van der Waals surface area contributed by atoms with E-state index in [2.05, 4.69) is 10.3 Å². The van der Waals surface area contributed by atoms with Crippen molar-refractivity contribution in [3.63, 3.8) is 0 Å². The first kappa shape index (κ1) is 14.1. The second kappa shape index (κ2) is 6.69. The predicted octanol–water partition coefficient (Wildman–Crippen LogP) is 1.22. The Morgan fingerprint density at radius 1 is 1.41 bits per heavy atom. The van der Waals surface area contributed by atoms with Crippen LogP contribution in [0.1, 0.15) is 24.6 Å². The molecule has 1 rings (SSSR count). The lowest BCUT2D eigenvalue weighted by Gasteiger charge is -2.23. The molecule has 1 unspecified atom stereocenters. The first-order chi connectivity index (χ1) is 8.06. The molecule has 0 bridgehead atoms. The van der Waals surface area contributed by atoms with Gasteiger partial charge in [-0.25, -0.2) is 0 Å². The van der Waals surface area contributed by atoms with Crippen LogP contribution in [0.3, 0.4) is 0 Å². The normalized spacial score (nSPS) is 14.6. The largest absolute Gasteiger partial charge is 0.385 e. The fraction of sp³-hybridized carbons (Fsp3) is 0.615. The number of hydrogen-bond acceptors (Lipinski definition) is 4.